The first-order chi connectivity index (χ1) is 10.0. The van der Waals surface area contributed by atoms with E-state index in [1.165, 1.54) is 4.90 Å². The van der Waals surface area contributed by atoms with E-state index < -0.39 is 0 Å². The summed E-state index contributed by atoms with van der Waals surface area (Å²) in [6.07, 6.45) is 0. The van der Waals surface area contributed by atoms with Gasteiger partial charge in [0.1, 0.15) is 11.5 Å². The Bertz CT molecular complexity index is 511. The predicted molar refractivity (Wildman–Crippen MR) is 85.3 cm³/mol. The first-order valence-electron chi connectivity index (χ1n) is 6.43. The number of ether oxygens (including phenoxy) is 2. The molecule has 8 heteroatoms. The summed E-state index contributed by atoms with van der Waals surface area (Å²) in [5.74, 6) is 0.744. The van der Waals surface area contributed by atoms with Gasteiger partial charge in [0.2, 0.25) is 11.8 Å². The van der Waals surface area contributed by atoms with Crippen molar-refractivity contribution in [3.8, 4) is 11.5 Å². The Balaban J connectivity index is 0.00000441. The largest absolute Gasteiger partial charge is 0.497 e. The van der Waals surface area contributed by atoms with E-state index in [0.29, 0.717) is 18.0 Å². The molecule has 1 aromatic rings. The number of rotatable bonds is 7. The van der Waals surface area contributed by atoms with Gasteiger partial charge in [0.25, 0.3) is 0 Å². The molecule has 0 heterocycles. The molecule has 7 nitrogen and oxygen atoms in total. The summed E-state index contributed by atoms with van der Waals surface area (Å²) in [4.78, 5) is 24.4. The molecule has 0 fully saturated rings. The van der Waals surface area contributed by atoms with Gasteiger partial charge < -0.3 is 25.4 Å². The molecular weight excluding hydrogens is 310 g/mol. The topological polar surface area (TPSA) is 93.9 Å². The van der Waals surface area contributed by atoms with Gasteiger partial charge in [-0.2, -0.15) is 0 Å². The summed E-state index contributed by atoms with van der Waals surface area (Å²) < 4.78 is 10.4. The molecule has 0 aliphatic carbocycles. The van der Waals surface area contributed by atoms with E-state index in [1.54, 1.807) is 33.4 Å². The highest BCUT2D eigenvalue weighted by Gasteiger charge is 2.13. The number of hydrogen-bond acceptors (Lipinski definition) is 5. The SMILES string of the molecule is COc1ccc(CN(C)C(=O)CNC(=O)CN)c(OC)c1.Cl. The quantitative estimate of drug-likeness (QED) is 0.742. The van der Waals surface area contributed by atoms with E-state index in [-0.39, 0.29) is 37.3 Å². The standard InChI is InChI=1S/C14H21N3O4.ClH/c1-17(14(19)8-16-13(18)7-15)9-10-4-5-11(20-2)6-12(10)21-3;/h4-6H,7-9,15H2,1-3H3,(H,16,18);1H. The molecule has 0 aromatic heterocycles. The van der Waals surface area contributed by atoms with Gasteiger partial charge in [0.15, 0.2) is 0 Å². The number of likely N-dealkylation sites (N-methyl/N-ethyl adjacent to an activating group) is 1. The van der Waals surface area contributed by atoms with Gasteiger partial charge in [-0.25, -0.2) is 0 Å². The fraction of sp³-hybridized carbons (Fsp3) is 0.429. The first-order valence-corrected chi connectivity index (χ1v) is 6.43. The lowest BCUT2D eigenvalue weighted by molar-refractivity contribution is -0.131. The number of carbonyl (C=O) groups excluding carboxylic acids is 2. The summed E-state index contributed by atoms with van der Waals surface area (Å²) in [5, 5.41) is 2.44. The molecule has 0 spiro atoms. The summed E-state index contributed by atoms with van der Waals surface area (Å²) >= 11 is 0. The van der Waals surface area contributed by atoms with Crippen molar-refractivity contribution in [1.82, 2.24) is 10.2 Å². The number of halogens is 1. The van der Waals surface area contributed by atoms with Crippen LogP contribution in [0.5, 0.6) is 11.5 Å². The fourth-order valence-corrected chi connectivity index (χ4v) is 1.71. The molecule has 1 rings (SSSR count). The molecule has 0 aliphatic heterocycles. The van der Waals surface area contributed by atoms with Crippen molar-refractivity contribution in [1.29, 1.82) is 0 Å². The second-order valence-corrected chi connectivity index (χ2v) is 4.41. The molecule has 0 atom stereocenters. The van der Waals surface area contributed by atoms with Crippen molar-refractivity contribution < 1.29 is 19.1 Å². The van der Waals surface area contributed by atoms with Crippen LogP contribution in [0.2, 0.25) is 0 Å². The Morgan fingerprint density at radius 1 is 1.27 bits per heavy atom. The third-order valence-electron chi connectivity index (χ3n) is 2.95. The second kappa shape index (κ2) is 9.86. The van der Waals surface area contributed by atoms with Crippen molar-refractivity contribution in [2.75, 3.05) is 34.4 Å². The average Bonchev–Trinajstić information content (AvgIpc) is 2.52. The molecule has 124 valence electrons. The van der Waals surface area contributed by atoms with Gasteiger partial charge >= 0.3 is 0 Å². The fourth-order valence-electron chi connectivity index (χ4n) is 1.71. The Morgan fingerprint density at radius 3 is 2.50 bits per heavy atom. The smallest absolute Gasteiger partial charge is 0.242 e. The van der Waals surface area contributed by atoms with Crippen LogP contribution < -0.4 is 20.5 Å². The van der Waals surface area contributed by atoms with Crippen LogP contribution in [0.1, 0.15) is 5.56 Å². The monoisotopic (exact) mass is 331 g/mol. The van der Waals surface area contributed by atoms with Crippen molar-refractivity contribution in [2.24, 2.45) is 5.73 Å². The lowest BCUT2D eigenvalue weighted by Gasteiger charge is -2.19. The molecule has 0 bridgehead atoms. The normalized spacial score (nSPS) is 9.45. The highest BCUT2D eigenvalue weighted by molar-refractivity contribution is 5.85. The minimum absolute atomic E-state index is 0. The summed E-state index contributed by atoms with van der Waals surface area (Å²) in [6, 6.07) is 5.39. The van der Waals surface area contributed by atoms with Crippen LogP contribution in [0.15, 0.2) is 18.2 Å². The maximum Gasteiger partial charge on any atom is 0.242 e. The number of nitrogens with zero attached hydrogens (tertiary/aromatic N) is 1. The van der Waals surface area contributed by atoms with Crippen LogP contribution in [0, 0.1) is 0 Å². The van der Waals surface area contributed by atoms with Gasteiger partial charge in [-0.1, -0.05) is 0 Å². The van der Waals surface area contributed by atoms with Crippen molar-refractivity contribution in [2.45, 2.75) is 6.54 Å². The number of nitrogens with two attached hydrogens (primary N) is 1. The van der Waals surface area contributed by atoms with Crippen molar-refractivity contribution >= 4 is 24.2 Å². The Labute approximate surface area is 136 Å². The highest BCUT2D eigenvalue weighted by Crippen LogP contribution is 2.25. The van der Waals surface area contributed by atoms with Gasteiger partial charge in [-0.3, -0.25) is 9.59 Å². The molecule has 0 radical (unpaired) electrons. The number of benzene rings is 1. The van der Waals surface area contributed by atoms with E-state index >= 15 is 0 Å². The van der Waals surface area contributed by atoms with E-state index in [2.05, 4.69) is 5.32 Å². The third-order valence-corrected chi connectivity index (χ3v) is 2.95. The lowest BCUT2D eigenvalue weighted by atomic mass is 10.1. The van der Waals surface area contributed by atoms with Gasteiger partial charge in [-0.05, 0) is 12.1 Å². The Morgan fingerprint density at radius 2 is 1.95 bits per heavy atom. The van der Waals surface area contributed by atoms with Crippen LogP contribution in [0.3, 0.4) is 0 Å². The van der Waals surface area contributed by atoms with E-state index in [1.807, 2.05) is 6.07 Å². The minimum Gasteiger partial charge on any atom is -0.497 e. The lowest BCUT2D eigenvalue weighted by Crippen LogP contribution is -2.40. The van der Waals surface area contributed by atoms with Gasteiger partial charge in [0, 0.05) is 25.2 Å². The molecular formula is C14H22ClN3O4. The highest BCUT2D eigenvalue weighted by atomic mass is 35.5. The molecule has 0 unspecified atom stereocenters. The van der Waals surface area contributed by atoms with E-state index in [9.17, 15) is 9.59 Å². The van der Waals surface area contributed by atoms with Crippen LogP contribution in [-0.4, -0.2) is 51.1 Å². The van der Waals surface area contributed by atoms with Gasteiger partial charge in [0.05, 0.1) is 27.3 Å². The van der Waals surface area contributed by atoms with E-state index in [0.717, 1.165) is 5.56 Å². The van der Waals surface area contributed by atoms with Crippen LogP contribution in [-0.2, 0) is 16.1 Å². The number of carbonyl (C=O) groups is 2. The molecule has 0 saturated carbocycles. The summed E-state index contributed by atoms with van der Waals surface area (Å²) in [7, 11) is 4.78. The zero-order valence-electron chi connectivity index (χ0n) is 12.9. The van der Waals surface area contributed by atoms with Crippen molar-refractivity contribution in [3.63, 3.8) is 0 Å². The van der Waals surface area contributed by atoms with Crippen molar-refractivity contribution in [3.05, 3.63) is 23.8 Å². The second-order valence-electron chi connectivity index (χ2n) is 4.41. The minimum atomic E-state index is -0.362. The zero-order chi connectivity index (χ0) is 15.8. The average molecular weight is 332 g/mol. The summed E-state index contributed by atoms with van der Waals surface area (Å²) in [5.41, 5.74) is 6.00. The maximum atomic E-state index is 11.9. The molecule has 1 aromatic carbocycles. The molecule has 0 aliphatic rings. The number of nitrogens with one attached hydrogen (secondary N) is 1. The van der Waals surface area contributed by atoms with Crippen LogP contribution in [0.25, 0.3) is 0 Å². The maximum absolute atomic E-state index is 11.9. The number of amides is 2. The Kier molecular flexibility index (Phi) is 8.97. The van der Waals surface area contributed by atoms with E-state index in [4.69, 9.17) is 15.2 Å². The molecule has 3 N–H and O–H groups in total. The molecule has 22 heavy (non-hydrogen) atoms. The predicted octanol–water partition coefficient (Wildman–Crippen LogP) is 0.159. The number of hydrogen-bond donors (Lipinski definition) is 2. The first kappa shape index (κ1) is 20.0. The van der Waals surface area contributed by atoms with Crippen LogP contribution in [0.4, 0.5) is 0 Å². The van der Waals surface area contributed by atoms with Gasteiger partial charge in [-0.15, -0.1) is 12.4 Å². The van der Waals surface area contributed by atoms with Crippen LogP contribution >= 0.6 is 12.4 Å². The Hall–Kier alpha value is -1.99. The summed E-state index contributed by atoms with van der Waals surface area (Å²) in [6.45, 7) is 0.152. The zero-order valence-corrected chi connectivity index (χ0v) is 13.7. The third kappa shape index (κ3) is 5.79. The number of methoxy groups -OCH3 is 2. The molecule has 2 amide bonds. The molecule has 0 saturated heterocycles.